The Morgan fingerprint density at radius 1 is 1.12 bits per heavy atom. The number of nitrogens with two attached hydrogens (primary N) is 1. The van der Waals surface area contributed by atoms with Crippen molar-refractivity contribution in [3.63, 3.8) is 0 Å². The van der Waals surface area contributed by atoms with Gasteiger partial charge in [-0.1, -0.05) is 0 Å². The van der Waals surface area contributed by atoms with E-state index < -0.39 is 0 Å². The van der Waals surface area contributed by atoms with Crippen LogP contribution in [0, 0.1) is 35.5 Å². The van der Waals surface area contributed by atoms with Crippen molar-refractivity contribution in [2.24, 2.45) is 28.9 Å². The summed E-state index contributed by atoms with van der Waals surface area (Å²) in [5, 5.41) is 0. The molecule has 0 amide bonds. The van der Waals surface area contributed by atoms with E-state index in [0.29, 0.717) is 11.5 Å². The predicted octanol–water partition coefficient (Wildman–Crippen LogP) is 3.33. The van der Waals surface area contributed by atoms with Crippen LogP contribution in [0.15, 0.2) is 0 Å². The van der Waals surface area contributed by atoms with Gasteiger partial charge >= 0.3 is 0 Å². The molecule has 0 saturated heterocycles. The Morgan fingerprint density at radius 3 is 2.12 bits per heavy atom. The number of hydrogen-bond acceptors (Lipinski definition) is 1. The highest BCUT2D eigenvalue weighted by atomic mass is 14.7. The van der Waals surface area contributed by atoms with E-state index in [1.54, 1.807) is 0 Å². The summed E-state index contributed by atoms with van der Waals surface area (Å²) in [6.07, 6.45) is 17.5. The molecule has 0 aromatic rings. The van der Waals surface area contributed by atoms with Crippen molar-refractivity contribution in [3.05, 3.63) is 0 Å². The van der Waals surface area contributed by atoms with E-state index in [1.165, 1.54) is 44.9 Å². The summed E-state index contributed by atoms with van der Waals surface area (Å²) in [4.78, 5) is 0. The normalized spacial score (nSPS) is 44.6. The minimum absolute atomic E-state index is 0.349. The predicted molar refractivity (Wildman–Crippen MR) is 71.3 cm³/mol. The molecule has 4 fully saturated rings. The van der Waals surface area contributed by atoms with Crippen LogP contribution in [0.25, 0.3) is 0 Å². The van der Waals surface area contributed by atoms with Crippen molar-refractivity contribution in [2.75, 3.05) is 0 Å². The van der Waals surface area contributed by atoms with Gasteiger partial charge in [0.25, 0.3) is 0 Å². The van der Waals surface area contributed by atoms with E-state index in [-0.39, 0.29) is 0 Å². The van der Waals surface area contributed by atoms with Gasteiger partial charge in [-0.3, -0.25) is 0 Å². The van der Waals surface area contributed by atoms with Crippen molar-refractivity contribution < 1.29 is 0 Å². The fourth-order valence-corrected chi connectivity index (χ4v) is 5.47. The van der Waals surface area contributed by atoms with Crippen LogP contribution in [0.4, 0.5) is 0 Å². The van der Waals surface area contributed by atoms with Crippen LogP contribution in [-0.2, 0) is 0 Å². The average molecular weight is 231 g/mol. The molecule has 1 atom stereocenters. The van der Waals surface area contributed by atoms with Crippen molar-refractivity contribution in [3.8, 4) is 12.3 Å². The van der Waals surface area contributed by atoms with E-state index in [1.807, 2.05) is 0 Å². The Bertz CT molecular complexity index is 290. The lowest BCUT2D eigenvalue weighted by molar-refractivity contribution is -0.0605. The van der Waals surface area contributed by atoms with Gasteiger partial charge in [0.2, 0.25) is 0 Å². The Morgan fingerprint density at radius 2 is 1.65 bits per heavy atom. The lowest BCUT2D eigenvalue weighted by Gasteiger charge is -2.57. The summed E-state index contributed by atoms with van der Waals surface area (Å²) in [5.41, 5.74) is 6.91. The van der Waals surface area contributed by atoms with Gasteiger partial charge in [-0.05, 0) is 74.5 Å². The summed E-state index contributed by atoms with van der Waals surface area (Å²) in [6, 6.07) is 0.349. The monoisotopic (exact) mass is 231 g/mol. The zero-order chi connectivity index (χ0) is 11.9. The zero-order valence-corrected chi connectivity index (χ0v) is 10.8. The second-order valence-electron chi connectivity index (χ2n) is 7.12. The minimum atomic E-state index is 0.349. The standard InChI is InChI=1S/C16H25N/c1-2-3-4-15(17)11-16-8-12-5-13(9-16)7-14(6-12)10-16/h1,12-15H,3-11,17H2. The smallest absolute Gasteiger partial charge is 0.0101 e. The van der Waals surface area contributed by atoms with Crippen molar-refractivity contribution in [1.82, 2.24) is 0 Å². The molecule has 0 aromatic carbocycles. The lowest BCUT2D eigenvalue weighted by atomic mass is 9.48. The number of rotatable bonds is 4. The van der Waals surface area contributed by atoms with Crippen LogP contribution >= 0.6 is 0 Å². The zero-order valence-electron chi connectivity index (χ0n) is 10.8. The van der Waals surface area contributed by atoms with Crippen LogP contribution in [0.1, 0.15) is 57.8 Å². The quantitative estimate of drug-likeness (QED) is 0.738. The van der Waals surface area contributed by atoms with Crippen LogP contribution < -0.4 is 5.73 Å². The highest BCUT2D eigenvalue weighted by Crippen LogP contribution is 2.61. The summed E-state index contributed by atoms with van der Waals surface area (Å²) in [5.74, 6) is 5.85. The van der Waals surface area contributed by atoms with Gasteiger partial charge < -0.3 is 5.73 Å². The average Bonchev–Trinajstić information content (AvgIpc) is 2.23. The highest BCUT2D eigenvalue weighted by molar-refractivity contribution is 5.02. The Balaban J connectivity index is 1.64. The van der Waals surface area contributed by atoms with E-state index in [0.717, 1.165) is 30.6 Å². The van der Waals surface area contributed by atoms with Crippen molar-refractivity contribution in [1.29, 1.82) is 0 Å². The second kappa shape index (κ2) is 4.32. The van der Waals surface area contributed by atoms with Gasteiger partial charge in [-0.15, -0.1) is 12.3 Å². The molecule has 0 spiro atoms. The molecule has 0 radical (unpaired) electrons. The molecule has 2 N–H and O–H groups in total. The molecule has 4 saturated carbocycles. The highest BCUT2D eigenvalue weighted by Gasteiger charge is 2.50. The maximum Gasteiger partial charge on any atom is 0.0101 e. The number of hydrogen-bond donors (Lipinski definition) is 1. The molecule has 17 heavy (non-hydrogen) atoms. The second-order valence-corrected chi connectivity index (χ2v) is 7.12. The fraction of sp³-hybridized carbons (Fsp3) is 0.875. The first kappa shape index (κ1) is 11.6. The first-order chi connectivity index (χ1) is 8.19. The molecule has 1 nitrogen and oxygen atoms in total. The molecule has 94 valence electrons. The topological polar surface area (TPSA) is 26.0 Å². The van der Waals surface area contributed by atoms with Crippen LogP contribution in [0.3, 0.4) is 0 Å². The third-order valence-electron chi connectivity index (χ3n) is 5.52. The SMILES string of the molecule is C#CCCC(N)CC12CC3CC(CC(C3)C1)C2. The molecule has 0 aromatic heterocycles. The van der Waals surface area contributed by atoms with E-state index in [4.69, 9.17) is 12.2 Å². The van der Waals surface area contributed by atoms with Crippen LogP contribution in [0.2, 0.25) is 0 Å². The van der Waals surface area contributed by atoms with E-state index in [9.17, 15) is 0 Å². The molecule has 4 aliphatic carbocycles. The summed E-state index contributed by atoms with van der Waals surface area (Å²) >= 11 is 0. The Labute approximate surface area is 106 Å². The van der Waals surface area contributed by atoms with Crippen molar-refractivity contribution >= 4 is 0 Å². The van der Waals surface area contributed by atoms with Crippen molar-refractivity contribution in [2.45, 2.75) is 63.8 Å². The van der Waals surface area contributed by atoms with E-state index >= 15 is 0 Å². The molecule has 1 heteroatoms. The third kappa shape index (κ3) is 2.25. The first-order valence-corrected chi connectivity index (χ1v) is 7.38. The Hall–Kier alpha value is -0.480. The molecular formula is C16H25N. The molecule has 1 unspecified atom stereocenters. The van der Waals surface area contributed by atoms with Gasteiger partial charge in [-0.25, -0.2) is 0 Å². The minimum Gasteiger partial charge on any atom is -0.328 e. The summed E-state index contributed by atoms with van der Waals surface area (Å²) in [6.45, 7) is 0. The van der Waals surface area contributed by atoms with Gasteiger partial charge in [0, 0.05) is 12.5 Å². The fourth-order valence-electron chi connectivity index (χ4n) is 5.47. The van der Waals surface area contributed by atoms with Gasteiger partial charge in [-0.2, -0.15) is 0 Å². The Kier molecular flexibility index (Phi) is 2.95. The van der Waals surface area contributed by atoms with Gasteiger partial charge in [0.15, 0.2) is 0 Å². The first-order valence-electron chi connectivity index (χ1n) is 7.38. The molecular weight excluding hydrogens is 206 g/mol. The molecule has 0 aliphatic heterocycles. The van der Waals surface area contributed by atoms with Gasteiger partial charge in [0.05, 0.1) is 0 Å². The lowest BCUT2D eigenvalue weighted by Crippen LogP contribution is -2.48. The molecule has 4 rings (SSSR count). The summed E-state index contributed by atoms with van der Waals surface area (Å²) in [7, 11) is 0. The van der Waals surface area contributed by atoms with Crippen LogP contribution in [-0.4, -0.2) is 6.04 Å². The maximum absolute atomic E-state index is 6.29. The number of terminal acetylenes is 1. The van der Waals surface area contributed by atoms with Gasteiger partial charge in [0.1, 0.15) is 0 Å². The third-order valence-corrected chi connectivity index (χ3v) is 5.52. The largest absolute Gasteiger partial charge is 0.328 e. The molecule has 0 heterocycles. The molecule has 4 aliphatic rings. The van der Waals surface area contributed by atoms with Crippen LogP contribution in [0.5, 0.6) is 0 Å². The summed E-state index contributed by atoms with van der Waals surface area (Å²) < 4.78 is 0. The van der Waals surface area contributed by atoms with E-state index in [2.05, 4.69) is 5.92 Å². The maximum atomic E-state index is 6.29. The molecule has 4 bridgehead atoms.